The first kappa shape index (κ1) is 8.50. The minimum Gasteiger partial charge on any atom is -0.481 e. The number of aliphatic carboxylic acids is 1. The Hall–Kier alpha value is -0.600. The Labute approximate surface area is 65.4 Å². The molecule has 11 heavy (non-hydrogen) atoms. The minimum absolute atomic E-state index is 0.0788. The van der Waals surface area contributed by atoms with Gasteiger partial charge in [0.05, 0.1) is 5.92 Å². The van der Waals surface area contributed by atoms with E-state index in [2.05, 4.69) is 0 Å². The van der Waals surface area contributed by atoms with Gasteiger partial charge in [-0.2, -0.15) is 0 Å². The van der Waals surface area contributed by atoms with Crippen LogP contribution in [0.1, 0.15) is 26.2 Å². The zero-order valence-electron chi connectivity index (χ0n) is 6.59. The molecule has 1 aliphatic rings. The van der Waals surface area contributed by atoms with Crippen molar-refractivity contribution in [1.29, 1.82) is 0 Å². The summed E-state index contributed by atoms with van der Waals surface area (Å²) in [6.45, 7) is 1.78. The molecule has 0 amide bonds. The van der Waals surface area contributed by atoms with Crippen molar-refractivity contribution in [2.24, 2.45) is 11.8 Å². The van der Waals surface area contributed by atoms with Crippen LogP contribution in [0, 0.1) is 11.8 Å². The summed E-state index contributed by atoms with van der Waals surface area (Å²) in [6, 6.07) is 0. The molecule has 0 aromatic rings. The van der Waals surface area contributed by atoms with Gasteiger partial charge >= 0.3 is 5.97 Å². The molecular formula is C8H13FO2. The predicted octanol–water partition coefficient (Wildman–Crippen LogP) is 1.85. The molecule has 1 fully saturated rings. The molecule has 0 aromatic carbocycles. The minimum atomic E-state index is -0.786. The van der Waals surface area contributed by atoms with E-state index < -0.39 is 12.1 Å². The zero-order chi connectivity index (χ0) is 8.43. The fraction of sp³-hybridized carbons (Fsp3) is 0.875. The highest BCUT2D eigenvalue weighted by atomic mass is 19.1. The SMILES string of the molecule is CC1CC(C(=O)O)CCC1F. The van der Waals surface area contributed by atoms with E-state index in [1.807, 2.05) is 0 Å². The summed E-state index contributed by atoms with van der Waals surface area (Å²) in [7, 11) is 0. The molecule has 3 heteroatoms. The molecule has 1 aliphatic carbocycles. The Morgan fingerprint density at radius 1 is 1.55 bits per heavy atom. The lowest BCUT2D eigenvalue weighted by molar-refractivity contribution is -0.143. The molecule has 1 saturated carbocycles. The van der Waals surface area contributed by atoms with Crippen molar-refractivity contribution in [1.82, 2.24) is 0 Å². The molecule has 3 atom stereocenters. The lowest BCUT2D eigenvalue weighted by atomic mass is 9.81. The third kappa shape index (κ3) is 1.91. The fourth-order valence-corrected chi connectivity index (χ4v) is 1.58. The maximum absolute atomic E-state index is 12.8. The van der Waals surface area contributed by atoms with E-state index >= 15 is 0 Å². The van der Waals surface area contributed by atoms with E-state index in [4.69, 9.17) is 5.11 Å². The summed E-state index contributed by atoms with van der Waals surface area (Å²) in [4.78, 5) is 10.5. The van der Waals surface area contributed by atoms with Gasteiger partial charge in [-0.15, -0.1) is 0 Å². The molecule has 0 spiro atoms. The van der Waals surface area contributed by atoms with E-state index in [0.717, 1.165) is 0 Å². The van der Waals surface area contributed by atoms with E-state index in [-0.39, 0.29) is 11.8 Å². The molecule has 0 radical (unpaired) electrons. The van der Waals surface area contributed by atoms with Crippen LogP contribution in [0.5, 0.6) is 0 Å². The number of carboxylic acids is 1. The Balaban J connectivity index is 2.46. The number of hydrogen-bond acceptors (Lipinski definition) is 1. The second-order valence-electron chi connectivity index (χ2n) is 3.34. The maximum Gasteiger partial charge on any atom is 0.306 e. The zero-order valence-corrected chi connectivity index (χ0v) is 6.59. The molecular weight excluding hydrogens is 147 g/mol. The van der Waals surface area contributed by atoms with Gasteiger partial charge in [-0.1, -0.05) is 6.92 Å². The van der Waals surface area contributed by atoms with Gasteiger partial charge in [0, 0.05) is 0 Å². The predicted molar refractivity (Wildman–Crippen MR) is 39.0 cm³/mol. The van der Waals surface area contributed by atoms with Crippen molar-refractivity contribution >= 4 is 5.97 Å². The van der Waals surface area contributed by atoms with Crippen LogP contribution in [-0.2, 0) is 4.79 Å². The summed E-state index contributed by atoms with van der Waals surface area (Å²) in [5.74, 6) is -1.16. The molecule has 0 heterocycles. The van der Waals surface area contributed by atoms with E-state index in [9.17, 15) is 9.18 Å². The van der Waals surface area contributed by atoms with E-state index in [0.29, 0.717) is 19.3 Å². The molecule has 0 aliphatic heterocycles. The van der Waals surface area contributed by atoms with Crippen molar-refractivity contribution in [3.8, 4) is 0 Å². The molecule has 1 N–H and O–H groups in total. The van der Waals surface area contributed by atoms with Crippen molar-refractivity contribution in [2.45, 2.75) is 32.4 Å². The summed E-state index contributed by atoms with van der Waals surface area (Å²) < 4.78 is 12.8. The number of halogens is 1. The smallest absolute Gasteiger partial charge is 0.306 e. The molecule has 64 valence electrons. The van der Waals surface area contributed by atoms with Crippen LogP contribution in [0.25, 0.3) is 0 Å². The first-order valence-electron chi connectivity index (χ1n) is 3.98. The summed E-state index contributed by atoms with van der Waals surface area (Å²) in [5, 5.41) is 8.62. The Morgan fingerprint density at radius 2 is 2.18 bits per heavy atom. The maximum atomic E-state index is 12.8. The molecule has 0 bridgehead atoms. The fourth-order valence-electron chi connectivity index (χ4n) is 1.58. The van der Waals surface area contributed by atoms with Crippen LogP contribution in [0.4, 0.5) is 4.39 Å². The van der Waals surface area contributed by atoms with E-state index in [1.165, 1.54) is 0 Å². The van der Waals surface area contributed by atoms with Crippen molar-refractivity contribution in [3.05, 3.63) is 0 Å². The normalized spacial score (nSPS) is 38.5. The van der Waals surface area contributed by atoms with Crippen LogP contribution >= 0.6 is 0 Å². The monoisotopic (exact) mass is 160 g/mol. The van der Waals surface area contributed by atoms with Crippen molar-refractivity contribution < 1.29 is 14.3 Å². The summed E-state index contributed by atoms with van der Waals surface area (Å²) in [5.41, 5.74) is 0. The van der Waals surface area contributed by atoms with Gasteiger partial charge in [0.25, 0.3) is 0 Å². The number of carbonyl (C=O) groups is 1. The van der Waals surface area contributed by atoms with Crippen molar-refractivity contribution in [2.75, 3.05) is 0 Å². The average molecular weight is 160 g/mol. The Morgan fingerprint density at radius 3 is 2.64 bits per heavy atom. The van der Waals surface area contributed by atoms with Crippen LogP contribution in [-0.4, -0.2) is 17.2 Å². The van der Waals surface area contributed by atoms with Gasteiger partial charge in [0.2, 0.25) is 0 Å². The Bertz CT molecular complexity index is 158. The second kappa shape index (κ2) is 3.20. The van der Waals surface area contributed by atoms with Crippen LogP contribution in [0.15, 0.2) is 0 Å². The van der Waals surface area contributed by atoms with Gasteiger partial charge in [-0.05, 0) is 25.2 Å². The lowest BCUT2D eigenvalue weighted by Gasteiger charge is -2.26. The first-order valence-corrected chi connectivity index (χ1v) is 3.98. The number of carboxylic acid groups (broad SMARTS) is 1. The molecule has 1 rings (SSSR count). The van der Waals surface area contributed by atoms with Crippen LogP contribution in [0.3, 0.4) is 0 Å². The van der Waals surface area contributed by atoms with Crippen molar-refractivity contribution in [3.63, 3.8) is 0 Å². The molecule has 2 nitrogen and oxygen atoms in total. The molecule has 0 aromatic heterocycles. The third-order valence-corrected chi connectivity index (χ3v) is 2.41. The highest BCUT2D eigenvalue weighted by Crippen LogP contribution is 2.30. The Kier molecular flexibility index (Phi) is 2.47. The molecule has 3 unspecified atom stereocenters. The first-order chi connectivity index (χ1) is 5.11. The van der Waals surface area contributed by atoms with E-state index in [1.54, 1.807) is 6.92 Å². The number of alkyl halides is 1. The quantitative estimate of drug-likeness (QED) is 0.635. The highest BCUT2D eigenvalue weighted by Gasteiger charge is 2.30. The van der Waals surface area contributed by atoms with Gasteiger partial charge in [0.1, 0.15) is 6.17 Å². The summed E-state index contributed by atoms with van der Waals surface area (Å²) in [6.07, 6.45) is 0.626. The highest BCUT2D eigenvalue weighted by molar-refractivity contribution is 5.70. The number of rotatable bonds is 1. The largest absolute Gasteiger partial charge is 0.481 e. The van der Waals surface area contributed by atoms with Crippen LogP contribution in [0.2, 0.25) is 0 Å². The van der Waals surface area contributed by atoms with Gasteiger partial charge in [-0.25, -0.2) is 4.39 Å². The van der Waals surface area contributed by atoms with Gasteiger partial charge in [-0.3, -0.25) is 4.79 Å². The topological polar surface area (TPSA) is 37.3 Å². The van der Waals surface area contributed by atoms with Crippen LogP contribution < -0.4 is 0 Å². The standard InChI is InChI=1S/C8H13FO2/c1-5-4-6(8(10)11)2-3-7(5)9/h5-7H,2-4H2,1H3,(H,10,11). The van der Waals surface area contributed by atoms with Gasteiger partial charge in [0.15, 0.2) is 0 Å². The summed E-state index contributed by atoms with van der Waals surface area (Å²) >= 11 is 0. The third-order valence-electron chi connectivity index (χ3n) is 2.41. The second-order valence-corrected chi connectivity index (χ2v) is 3.34. The molecule has 0 saturated heterocycles. The van der Waals surface area contributed by atoms with Gasteiger partial charge < -0.3 is 5.11 Å². The number of hydrogen-bond donors (Lipinski definition) is 1. The average Bonchev–Trinajstić information content (AvgIpc) is 1.94. The lowest BCUT2D eigenvalue weighted by Crippen LogP contribution is -2.28.